The number of hydrogen-bond donors (Lipinski definition) is 1. The summed E-state index contributed by atoms with van der Waals surface area (Å²) in [5.74, 6) is 0.757. The summed E-state index contributed by atoms with van der Waals surface area (Å²) in [6.45, 7) is 2.96. The Kier molecular flexibility index (Phi) is 7.33. The van der Waals surface area contributed by atoms with Gasteiger partial charge in [0, 0.05) is 36.6 Å². The summed E-state index contributed by atoms with van der Waals surface area (Å²) in [6, 6.07) is 18.0. The highest BCUT2D eigenvalue weighted by molar-refractivity contribution is 7.16. The molecule has 2 fully saturated rings. The van der Waals surface area contributed by atoms with E-state index in [-0.39, 0.29) is 18.2 Å². The van der Waals surface area contributed by atoms with Crippen LogP contribution in [0.15, 0.2) is 64.0 Å². The zero-order valence-corrected chi connectivity index (χ0v) is 23.6. The van der Waals surface area contributed by atoms with Crippen molar-refractivity contribution in [3.05, 3.63) is 76.3 Å². The van der Waals surface area contributed by atoms with E-state index in [9.17, 15) is 4.79 Å². The maximum atomic E-state index is 13.4. The van der Waals surface area contributed by atoms with E-state index in [0.717, 1.165) is 45.5 Å². The lowest BCUT2D eigenvalue weighted by Crippen LogP contribution is -2.36. The third-order valence-electron chi connectivity index (χ3n) is 8.01. The summed E-state index contributed by atoms with van der Waals surface area (Å²) in [5.41, 5.74) is 4.32. The minimum atomic E-state index is -0.863. The van der Waals surface area contributed by atoms with E-state index in [1.807, 2.05) is 54.6 Å². The molecule has 4 aromatic rings. The molecule has 1 aliphatic carbocycles. The molecule has 41 heavy (non-hydrogen) atoms. The Morgan fingerprint density at radius 1 is 0.927 bits per heavy atom. The molecule has 2 aliphatic heterocycles. The summed E-state index contributed by atoms with van der Waals surface area (Å²) < 4.78 is 11.7. The van der Waals surface area contributed by atoms with Crippen molar-refractivity contribution >= 4 is 33.8 Å². The van der Waals surface area contributed by atoms with Gasteiger partial charge in [-0.15, -0.1) is 16.4 Å². The molecule has 2 aromatic heterocycles. The van der Waals surface area contributed by atoms with Crippen molar-refractivity contribution in [3.63, 3.8) is 0 Å². The molecule has 9 nitrogen and oxygen atoms in total. The molecule has 1 saturated heterocycles. The maximum absolute atomic E-state index is 13.4. The van der Waals surface area contributed by atoms with E-state index in [4.69, 9.17) is 19.1 Å². The third kappa shape index (κ3) is 5.41. The Morgan fingerprint density at radius 3 is 2.54 bits per heavy atom. The van der Waals surface area contributed by atoms with Crippen LogP contribution in [-0.2, 0) is 16.0 Å². The number of fused-ring (bicyclic) bond motifs is 1. The van der Waals surface area contributed by atoms with Crippen LogP contribution < -0.4 is 10.2 Å². The van der Waals surface area contributed by atoms with Gasteiger partial charge in [0.25, 0.3) is 5.89 Å². The zero-order chi connectivity index (χ0) is 27.6. The van der Waals surface area contributed by atoms with E-state index in [1.54, 1.807) is 11.3 Å². The fourth-order valence-electron chi connectivity index (χ4n) is 5.87. The second-order valence-corrected chi connectivity index (χ2v) is 11.8. The molecule has 4 heterocycles. The second-order valence-electron chi connectivity index (χ2n) is 10.7. The van der Waals surface area contributed by atoms with Gasteiger partial charge >= 0.3 is 6.01 Å². The standard InChI is InChI=1S/C31H32N6O3S/c38-24-19-22-13-7-8-14-23(22)25(20-9-3-1-4-10-20)32-27(24)34-31-36-35-28(40-31)26-30(37-15-17-39-18-16-37)41-29(33-26)21-11-5-2-6-12-21/h1,3-4,7-10,13-14,21,27H,2,5-6,11-12,15-19H2,(H,34,36)/t27-/m1/s1. The minimum Gasteiger partial charge on any atom is -0.402 e. The number of morpholine rings is 1. The van der Waals surface area contributed by atoms with E-state index in [0.29, 0.717) is 30.7 Å². The van der Waals surface area contributed by atoms with Crippen molar-refractivity contribution < 1.29 is 13.9 Å². The van der Waals surface area contributed by atoms with Crippen molar-refractivity contribution in [2.45, 2.75) is 50.6 Å². The van der Waals surface area contributed by atoms with Crippen LogP contribution in [-0.4, -0.2) is 59.1 Å². The molecule has 0 unspecified atom stereocenters. The van der Waals surface area contributed by atoms with Gasteiger partial charge in [0.15, 0.2) is 17.6 Å². The lowest BCUT2D eigenvalue weighted by molar-refractivity contribution is -0.119. The predicted molar refractivity (Wildman–Crippen MR) is 159 cm³/mol. The highest BCUT2D eigenvalue weighted by Crippen LogP contribution is 2.43. The first kappa shape index (κ1) is 26.0. The minimum absolute atomic E-state index is 0.0645. The molecule has 1 atom stereocenters. The number of nitrogens with one attached hydrogen (secondary N) is 1. The van der Waals surface area contributed by atoms with E-state index in [1.165, 1.54) is 32.1 Å². The number of ketones is 1. The molecule has 0 spiro atoms. The molecule has 10 heteroatoms. The topological polar surface area (TPSA) is 106 Å². The van der Waals surface area contributed by atoms with Crippen LogP contribution in [0, 0.1) is 0 Å². The summed E-state index contributed by atoms with van der Waals surface area (Å²) in [6.07, 6.45) is 5.51. The molecular weight excluding hydrogens is 536 g/mol. The van der Waals surface area contributed by atoms with Gasteiger partial charge in [-0.3, -0.25) is 9.79 Å². The molecule has 3 aliphatic rings. The van der Waals surface area contributed by atoms with Gasteiger partial charge < -0.3 is 19.4 Å². The number of Topliss-reactive ketones (excluding diaryl/α,β-unsaturated/α-hetero) is 1. The average Bonchev–Trinajstić information content (AvgIpc) is 3.65. The molecule has 0 radical (unpaired) electrons. The van der Waals surface area contributed by atoms with Crippen LogP contribution >= 0.6 is 11.3 Å². The van der Waals surface area contributed by atoms with Crippen molar-refractivity contribution in [2.24, 2.45) is 4.99 Å². The van der Waals surface area contributed by atoms with E-state index in [2.05, 4.69) is 20.4 Å². The summed E-state index contributed by atoms with van der Waals surface area (Å²) in [4.78, 5) is 25.7. The van der Waals surface area contributed by atoms with Crippen molar-refractivity contribution in [1.29, 1.82) is 0 Å². The van der Waals surface area contributed by atoms with Gasteiger partial charge in [-0.1, -0.05) is 79.0 Å². The van der Waals surface area contributed by atoms with Crippen LogP contribution in [0.5, 0.6) is 0 Å². The van der Waals surface area contributed by atoms with Gasteiger partial charge in [0.1, 0.15) is 5.00 Å². The first-order valence-corrected chi connectivity index (χ1v) is 15.2. The van der Waals surface area contributed by atoms with Crippen LogP contribution in [0.1, 0.15) is 59.7 Å². The molecule has 210 valence electrons. The number of anilines is 2. The number of hydrogen-bond acceptors (Lipinski definition) is 10. The Bertz CT molecular complexity index is 1550. The number of aromatic nitrogens is 3. The number of benzene rings is 2. The number of ether oxygens (including phenoxy) is 1. The monoisotopic (exact) mass is 568 g/mol. The second kappa shape index (κ2) is 11.5. The summed E-state index contributed by atoms with van der Waals surface area (Å²) >= 11 is 1.74. The molecule has 0 bridgehead atoms. The van der Waals surface area contributed by atoms with E-state index < -0.39 is 6.17 Å². The molecular formula is C31H32N6O3S. The van der Waals surface area contributed by atoms with Gasteiger partial charge in [-0.05, 0) is 18.4 Å². The lowest BCUT2D eigenvalue weighted by atomic mass is 9.90. The van der Waals surface area contributed by atoms with Crippen molar-refractivity contribution in [3.8, 4) is 11.6 Å². The van der Waals surface area contributed by atoms with Crippen molar-refractivity contribution in [1.82, 2.24) is 15.2 Å². The number of aliphatic imine (C=N–C) groups is 1. The maximum Gasteiger partial charge on any atom is 0.317 e. The van der Waals surface area contributed by atoms with Crippen LogP contribution in [0.25, 0.3) is 11.6 Å². The van der Waals surface area contributed by atoms with Gasteiger partial charge in [0.2, 0.25) is 0 Å². The molecule has 0 amide bonds. The first-order chi connectivity index (χ1) is 20.2. The summed E-state index contributed by atoms with van der Waals surface area (Å²) in [5, 5.41) is 14.0. The predicted octanol–water partition coefficient (Wildman–Crippen LogP) is 5.48. The first-order valence-electron chi connectivity index (χ1n) is 14.4. The Balaban J connectivity index is 1.20. The fraction of sp³-hybridized carbons (Fsp3) is 0.387. The molecule has 2 aromatic carbocycles. The largest absolute Gasteiger partial charge is 0.402 e. The van der Waals surface area contributed by atoms with Gasteiger partial charge in [-0.25, -0.2) is 4.98 Å². The highest BCUT2D eigenvalue weighted by Gasteiger charge is 2.30. The zero-order valence-electron chi connectivity index (χ0n) is 22.8. The smallest absolute Gasteiger partial charge is 0.317 e. The third-order valence-corrected chi connectivity index (χ3v) is 9.29. The Labute approximate surface area is 242 Å². The quantitative estimate of drug-likeness (QED) is 0.326. The van der Waals surface area contributed by atoms with Crippen LogP contribution in [0.4, 0.5) is 11.0 Å². The molecule has 1 N–H and O–H groups in total. The van der Waals surface area contributed by atoms with Crippen LogP contribution in [0.3, 0.4) is 0 Å². The Morgan fingerprint density at radius 2 is 1.71 bits per heavy atom. The van der Waals surface area contributed by atoms with Crippen LogP contribution in [0.2, 0.25) is 0 Å². The number of nitrogens with zero attached hydrogens (tertiary/aromatic N) is 5. The molecule has 7 rings (SSSR count). The normalized spacial score (nSPS) is 19.9. The van der Waals surface area contributed by atoms with Gasteiger partial charge in [-0.2, -0.15) is 0 Å². The average molecular weight is 569 g/mol. The number of rotatable bonds is 6. The SMILES string of the molecule is O=C1Cc2ccccc2C(c2ccccc2)=N[C@@H]1Nc1nnc(-c2nc(C3CCCCC3)sc2N2CCOCC2)o1. The Hall–Kier alpha value is -3.89. The van der Waals surface area contributed by atoms with E-state index >= 15 is 0 Å². The number of thiazole rings is 1. The highest BCUT2D eigenvalue weighted by atomic mass is 32.1. The van der Waals surface area contributed by atoms with Gasteiger partial charge in [0.05, 0.1) is 23.9 Å². The van der Waals surface area contributed by atoms with Crippen molar-refractivity contribution in [2.75, 3.05) is 36.5 Å². The summed E-state index contributed by atoms with van der Waals surface area (Å²) in [7, 11) is 0. The lowest BCUT2D eigenvalue weighted by Gasteiger charge is -2.27. The number of carbonyl (C=O) groups excluding carboxylic acids is 1. The number of carbonyl (C=O) groups is 1. The molecule has 1 saturated carbocycles. The fourth-order valence-corrected chi connectivity index (χ4v) is 7.14.